The van der Waals surface area contributed by atoms with Crippen molar-refractivity contribution in [3.05, 3.63) is 30.1 Å². The smallest absolute Gasteiger partial charge is 0.0955 e. The first-order chi connectivity index (χ1) is 9.71. The number of benzene rings is 1. The second kappa shape index (κ2) is 4.32. The van der Waals surface area contributed by atoms with Gasteiger partial charge in [-0.3, -0.25) is 0 Å². The largest absolute Gasteiger partial charge is 0.334 e. The Balaban J connectivity index is 1.85. The first kappa shape index (κ1) is 12.4. The average molecular weight is 269 g/mol. The molecule has 0 N–H and O–H groups in total. The van der Waals surface area contributed by atoms with Crippen LogP contribution in [0.4, 0.5) is 0 Å². The third kappa shape index (κ3) is 1.59. The summed E-state index contributed by atoms with van der Waals surface area (Å²) in [5, 5.41) is 0. The molecule has 0 amide bonds. The number of aryl methyl sites for hydroxylation is 1. The molecule has 1 aliphatic heterocycles. The normalized spacial score (nSPS) is 30.8. The molecule has 3 heteroatoms. The maximum Gasteiger partial charge on any atom is 0.0955 e. The van der Waals surface area contributed by atoms with E-state index in [1.165, 1.54) is 44.2 Å². The van der Waals surface area contributed by atoms with E-state index < -0.39 is 0 Å². The van der Waals surface area contributed by atoms with Crippen LogP contribution in [0, 0.1) is 0 Å². The predicted octanol–water partition coefficient (Wildman–Crippen LogP) is 3.09. The molecule has 0 radical (unpaired) electrons. The van der Waals surface area contributed by atoms with E-state index in [9.17, 15) is 0 Å². The van der Waals surface area contributed by atoms with E-state index in [0.717, 1.165) is 11.6 Å². The summed E-state index contributed by atoms with van der Waals surface area (Å²) in [5.41, 5.74) is 4.33. The number of aromatic nitrogens is 2. The van der Waals surface area contributed by atoms with Crippen LogP contribution in [0.5, 0.6) is 0 Å². The van der Waals surface area contributed by atoms with Crippen LogP contribution in [0.15, 0.2) is 24.5 Å². The molecular weight excluding hydrogens is 246 g/mol. The second-order valence-corrected chi connectivity index (χ2v) is 6.71. The summed E-state index contributed by atoms with van der Waals surface area (Å²) in [6.07, 6.45) is 8.73. The SMILES string of the molecule is CN1CC[C@]2(c3ccc4ncn(C)c4c3)CCCC[C@H]12. The van der Waals surface area contributed by atoms with Gasteiger partial charge in [-0.05, 0) is 50.6 Å². The van der Waals surface area contributed by atoms with Gasteiger partial charge in [0.1, 0.15) is 0 Å². The summed E-state index contributed by atoms with van der Waals surface area (Å²) >= 11 is 0. The number of nitrogens with zero attached hydrogens (tertiary/aromatic N) is 3. The summed E-state index contributed by atoms with van der Waals surface area (Å²) in [7, 11) is 4.40. The molecule has 3 nitrogen and oxygen atoms in total. The first-order valence-corrected chi connectivity index (χ1v) is 7.82. The molecule has 2 atom stereocenters. The third-order valence-corrected chi connectivity index (χ3v) is 5.73. The molecule has 0 spiro atoms. The van der Waals surface area contributed by atoms with Crippen LogP contribution in [0.25, 0.3) is 11.0 Å². The molecule has 2 fully saturated rings. The molecule has 1 saturated carbocycles. The first-order valence-electron chi connectivity index (χ1n) is 7.82. The molecule has 2 aliphatic rings. The fourth-order valence-electron chi connectivity index (χ4n) is 4.60. The Morgan fingerprint density at radius 1 is 1.20 bits per heavy atom. The lowest BCUT2D eigenvalue weighted by Gasteiger charge is -2.41. The summed E-state index contributed by atoms with van der Waals surface area (Å²) in [5.74, 6) is 0. The van der Waals surface area contributed by atoms with Crippen LogP contribution in [-0.2, 0) is 12.5 Å². The van der Waals surface area contributed by atoms with Gasteiger partial charge in [0.2, 0.25) is 0 Å². The minimum Gasteiger partial charge on any atom is -0.334 e. The van der Waals surface area contributed by atoms with Crippen molar-refractivity contribution in [1.82, 2.24) is 14.5 Å². The van der Waals surface area contributed by atoms with Crippen molar-refractivity contribution in [2.75, 3.05) is 13.6 Å². The Morgan fingerprint density at radius 3 is 3.00 bits per heavy atom. The van der Waals surface area contributed by atoms with Gasteiger partial charge in [0, 0.05) is 18.5 Å². The zero-order chi connectivity index (χ0) is 13.7. The Bertz CT molecular complexity index is 641. The highest BCUT2D eigenvalue weighted by Gasteiger charge is 2.48. The third-order valence-electron chi connectivity index (χ3n) is 5.73. The van der Waals surface area contributed by atoms with Gasteiger partial charge in [-0.1, -0.05) is 18.9 Å². The monoisotopic (exact) mass is 269 g/mol. The lowest BCUT2D eigenvalue weighted by Crippen LogP contribution is -2.43. The molecule has 1 aromatic carbocycles. The van der Waals surface area contributed by atoms with Gasteiger partial charge >= 0.3 is 0 Å². The number of likely N-dealkylation sites (N-methyl/N-ethyl adjacent to an activating group) is 1. The zero-order valence-electron chi connectivity index (χ0n) is 12.5. The Kier molecular flexibility index (Phi) is 2.68. The van der Waals surface area contributed by atoms with Gasteiger partial charge in [0.05, 0.1) is 17.4 Å². The van der Waals surface area contributed by atoms with E-state index in [4.69, 9.17) is 0 Å². The second-order valence-electron chi connectivity index (χ2n) is 6.71. The maximum atomic E-state index is 4.46. The van der Waals surface area contributed by atoms with Crippen molar-refractivity contribution in [3.63, 3.8) is 0 Å². The fraction of sp³-hybridized carbons (Fsp3) is 0.588. The summed E-state index contributed by atoms with van der Waals surface area (Å²) in [6.45, 7) is 1.24. The van der Waals surface area contributed by atoms with Crippen molar-refractivity contribution in [1.29, 1.82) is 0 Å². The van der Waals surface area contributed by atoms with Crippen LogP contribution in [0.1, 0.15) is 37.7 Å². The molecule has 0 unspecified atom stereocenters. The maximum absolute atomic E-state index is 4.46. The van der Waals surface area contributed by atoms with Crippen LogP contribution in [-0.4, -0.2) is 34.1 Å². The van der Waals surface area contributed by atoms with Crippen molar-refractivity contribution in [3.8, 4) is 0 Å². The van der Waals surface area contributed by atoms with Crippen molar-refractivity contribution in [2.24, 2.45) is 7.05 Å². The minimum absolute atomic E-state index is 0.394. The van der Waals surface area contributed by atoms with E-state index in [1.54, 1.807) is 5.56 Å². The quantitative estimate of drug-likeness (QED) is 0.793. The van der Waals surface area contributed by atoms with Crippen molar-refractivity contribution >= 4 is 11.0 Å². The molecule has 1 aliphatic carbocycles. The molecule has 20 heavy (non-hydrogen) atoms. The van der Waals surface area contributed by atoms with E-state index in [0.29, 0.717) is 5.41 Å². The van der Waals surface area contributed by atoms with Crippen molar-refractivity contribution < 1.29 is 0 Å². The molecule has 106 valence electrons. The minimum atomic E-state index is 0.394. The topological polar surface area (TPSA) is 21.1 Å². The number of hydrogen-bond acceptors (Lipinski definition) is 2. The zero-order valence-corrected chi connectivity index (χ0v) is 12.5. The lowest BCUT2D eigenvalue weighted by molar-refractivity contribution is 0.182. The highest BCUT2D eigenvalue weighted by molar-refractivity contribution is 5.76. The standard InChI is InChI=1S/C17H23N3/c1-19-10-9-17(8-4-3-5-16(17)19)13-6-7-14-15(11-13)20(2)12-18-14/h6-7,11-12,16H,3-5,8-10H2,1-2H3/t16-,17-/m0/s1. The molecule has 2 heterocycles. The number of rotatable bonds is 1. The Morgan fingerprint density at radius 2 is 2.10 bits per heavy atom. The van der Waals surface area contributed by atoms with Gasteiger partial charge in [-0.15, -0.1) is 0 Å². The molecule has 2 aromatic rings. The number of hydrogen-bond donors (Lipinski definition) is 0. The van der Waals surface area contributed by atoms with Crippen LogP contribution in [0.3, 0.4) is 0 Å². The van der Waals surface area contributed by atoms with E-state index in [1.807, 2.05) is 6.33 Å². The molecular formula is C17H23N3. The fourth-order valence-corrected chi connectivity index (χ4v) is 4.60. The van der Waals surface area contributed by atoms with Crippen LogP contribution in [0.2, 0.25) is 0 Å². The molecule has 1 aromatic heterocycles. The molecule has 0 bridgehead atoms. The van der Waals surface area contributed by atoms with Crippen LogP contribution < -0.4 is 0 Å². The van der Waals surface area contributed by atoms with Gasteiger partial charge in [-0.2, -0.15) is 0 Å². The van der Waals surface area contributed by atoms with Gasteiger partial charge in [0.25, 0.3) is 0 Å². The summed E-state index contributed by atoms with van der Waals surface area (Å²) in [6, 6.07) is 7.69. The molecule has 4 rings (SSSR count). The van der Waals surface area contributed by atoms with E-state index in [-0.39, 0.29) is 0 Å². The lowest BCUT2D eigenvalue weighted by atomic mass is 9.66. The van der Waals surface area contributed by atoms with E-state index >= 15 is 0 Å². The number of likely N-dealkylation sites (tertiary alicyclic amines) is 1. The van der Waals surface area contributed by atoms with Crippen molar-refractivity contribution in [2.45, 2.75) is 43.6 Å². The van der Waals surface area contributed by atoms with Gasteiger partial charge in [-0.25, -0.2) is 4.98 Å². The number of imidazole rings is 1. The van der Waals surface area contributed by atoms with E-state index in [2.05, 4.69) is 46.7 Å². The predicted molar refractivity (Wildman–Crippen MR) is 81.9 cm³/mol. The Hall–Kier alpha value is -1.35. The molecule has 1 saturated heterocycles. The van der Waals surface area contributed by atoms with Gasteiger partial charge < -0.3 is 9.47 Å². The summed E-state index contributed by atoms with van der Waals surface area (Å²) < 4.78 is 2.14. The average Bonchev–Trinajstić information content (AvgIpc) is 3.02. The van der Waals surface area contributed by atoms with Gasteiger partial charge in [0.15, 0.2) is 0 Å². The highest BCUT2D eigenvalue weighted by Crippen LogP contribution is 2.48. The Labute approximate surface area is 120 Å². The van der Waals surface area contributed by atoms with Crippen LogP contribution >= 0.6 is 0 Å². The summed E-state index contributed by atoms with van der Waals surface area (Å²) in [4.78, 5) is 7.05. The number of fused-ring (bicyclic) bond motifs is 2. The highest BCUT2D eigenvalue weighted by atomic mass is 15.2.